The van der Waals surface area contributed by atoms with Gasteiger partial charge in [0.15, 0.2) is 5.78 Å². The molecule has 1 aromatic rings. The van der Waals surface area contributed by atoms with Crippen molar-refractivity contribution in [2.45, 2.75) is 32.2 Å². The molecule has 2 rings (SSSR count). The Morgan fingerprint density at radius 3 is 3.00 bits per heavy atom. The van der Waals surface area contributed by atoms with Gasteiger partial charge in [0.2, 0.25) is 5.91 Å². The Balaban J connectivity index is 2.20. The molecule has 0 bridgehead atoms. The number of hydrogen-bond donors (Lipinski definition) is 2. The zero-order chi connectivity index (χ0) is 13.8. The minimum atomic E-state index is -0.101. The van der Waals surface area contributed by atoms with Crippen molar-refractivity contribution in [2.24, 2.45) is 5.73 Å². The highest BCUT2D eigenvalue weighted by molar-refractivity contribution is 5.98. The number of carbonyl (C=O) groups excluding carboxylic acids is 2. The molecule has 0 saturated carbocycles. The van der Waals surface area contributed by atoms with Gasteiger partial charge in [0.05, 0.1) is 0 Å². The molecule has 5 nitrogen and oxygen atoms in total. The number of aryl methyl sites for hydroxylation is 1. The van der Waals surface area contributed by atoms with Crippen molar-refractivity contribution in [3.8, 4) is 5.75 Å². The van der Waals surface area contributed by atoms with E-state index in [1.165, 1.54) is 6.92 Å². The molecule has 1 aliphatic carbocycles. The van der Waals surface area contributed by atoms with Crippen molar-refractivity contribution in [2.75, 3.05) is 6.73 Å². The SMILES string of the molecule is CC(=O)N[C@H]1CCc2ccc(OCN)cc2C(=O)C1. The van der Waals surface area contributed by atoms with E-state index in [2.05, 4.69) is 5.32 Å². The van der Waals surface area contributed by atoms with Crippen LogP contribution in [0.25, 0.3) is 0 Å². The Morgan fingerprint density at radius 1 is 1.53 bits per heavy atom. The number of carbonyl (C=O) groups is 2. The summed E-state index contributed by atoms with van der Waals surface area (Å²) in [7, 11) is 0. The minimum absolute atomic E-state index is 0.0359. The largest absolute Gasteiger partial charge is 0.479 e. The van der Waals surface area contributed by atoms with Gasteiger partial charge in [0.25, 0.3) is 0 Å². The van der Waals surface area contributed by atoms with Gasteiger partial charge in [-0.1, -0.05) is 6.07 Å². The summed E-state index contributed by atoms with van der Waals surface area (Å²) >= 11 is 0. The van der Waals surface area contributed by atoms with E-state index in [1.54, 1.807) is 6.07 Å². The van der Waals surface area contributed by atoms with E-state index in [0.29, 0.717) is 17.7 Å². The van der Waals surface area contributed by atoms with E-state index in [-0.39, 0.29) is 24.5 Å². The second-order valence-corrected chi connectivity index (χ2v) is 4.69. The van der Waals surface area contributed by atoms with E-state index in [1.807, 2.05) is 12.1 Å². The molecule has 1 aromatic carbocycles. The molecule has 1 aliphatic rings. The lowest BCUT2D eigenvalue weighted by Crippen LogP contribution is -2.34. The number of nitrogens with two attached hydrogens (primary N) is 1. The van der Waals surface area contributed by atoms with Crippen LogP contribution < -0.4 is 15.8 Å². The van der Waals surface area contributed by atoms with Gasteiger partial charge < -0.3 is 10.1 Å². The second kappa shape index (κ2) is 5.84. The summed E-state index contributed by atoms with van der Waals surface area (Å²) < 4.78 is 5.21. The van der Waals surface area contributed by atoms with Gasteiger partial charge in [-0.3, -0.25) is 15.3 Å². The van der Waals surface area contributed by atoms with Gasteiger partial charge in [-0.2, -0.15) is 0 Å². The summed E-state index contributed by atoms with van der Waals surface area (Å²) in [6.45, 7) is 1.55. The van der Waals surface area contributed by atoms with Gasteiger partial charge in [0.1, 0.15) is 12.5 Å². The highest BCUT2D eigenvalue weighted by atomic mass is 16.5. The first-order chi connectivity index (χ1) is 9.10. The third kappa shape index (κ3) is 3.32. The summed E-state index contributed by atoms with van der Waals surface area (Å²) in [4.78, 5) is 23.3. The average Bonchev–Trinajstić information content (AvgIpc) is 2.50. The van der Waals surface area contributed by atoms with Gasteiger partial charge in [0, 0.05) is 24.9 Å². The lowest BCUT2D eigenvalue weighted by Gasteiger charge is -2.13. The molecule has 102 valence electrons. The lowest BCUT2D eigenvalue weighted by atomic mass is 10.0. The molecule has 5 heteroatoms. The van der Waals surface area contributed by atoms with Crippen LogP contribution in [-0.4, -0.2) is 24.5 Å². The van der Waals surface area contributed by atoms with Crippen molar-refractivity contribution < 1.29 is 14.3 Å². The van der Waals surface area contributed by atoms with Crippen molar-refractivity contribution in [3.05, 3.63) is 29.3 Å². The maximum Gasteiger partial charge on any atom is 0.217 e. The predicted octanol–water partition coefficient (Wildman–Crippen LogP) is 1.01. The summed E-state index contributed by atoms with van der Waals surface area (Å²) in [6, 6.07) is 5.36. The highest BCUT2D eigenvalue weighted by Gasteiger charge is 2.23. The number of ether oxygens (including phenoxy) is 1. The molecule has 0 spiro atoms. The van der Waals surface area contributed by atoms with Crippen molar-refractivity contribution in [1.29, 1.82) is 0 Å². The first-order valence-corrected chi connectivity index (χ1v) is 6.36. The molecule has 19 heavy (non-hydrogen) atoms. The fourth-order valence-electron chi connectivity index (χ4n) is 2.40. The number of hydrogen-bond acceptors (Lipinski definition) is 4. The van der Waals surface area contributed by atoms with Crippen LogP contribution in [0.2, 0.25) is 0 Å². The van der Waals surface area contributed by atoms with Crippen LogP contribution >= 0.6 is 0 Å². The minimum Gasteiger partial charge on any atom is -0.479 e. The molecule has 1 atom stereocenters. The predicted molar refractivity (Wildman–Crippen MR) is 71.0 cm³/mol. The Labute approximate surface area is 112 Å². The molecular formula is C14H18N2O3. The molecule has 1 amide bonds. The average molecular weight is 262 g/mol. The zero-order valence-corrected chi connectivity index (χ0v) is 10.9. The van der Waals surface area contributed by atoms with Crippen molar-refractivity contribution in [1.82, 2.24) is 5.32 Å². The summed E-state index contributed by atoms with van der Waals surface area (Å²) in [5.41, 5.74) is 7.01. The quantitative estimate of drug-likeness (QED) is 0.629. The highest BCUT2D eigenvalue weighted by Crippen LogP contribution is 2.25. The molecule has 0 aliphatic heterocycles. The fraction of sp³-hybridized carbons (Fsp3) is 0.429. The van der Waals surface area contributed by atoms with Crippen molar-refractivity contribution >= 4 is 11.7 Å². The number of fused-ring (bicyclic) bond motifs is 1. The maximum absolute atomic E-state index is 12.2. The smallest absolute Gasteiger partial charge is 0.217 e. The number of amides is 1. The Morgan fingerprint density at radius 2 is 2.32 bits per heavy atom. The van der Waals surface area contributed by atoms with E-state index < -0.39 is 0 Å². The fourth-order valence-corrected chi connectivity index (χ4v) is 2.40. The maximum atomic E-state index is 12.2. The van der Waals surface area contributed by atoms with Crippen LogP contribution in [0.4, 0.5) is 0 Å². The van der Waals surface area contributed by atoms with Crippen LogP contribution in [0.1, 0.15) is 35.7 Å². The standard InChI is InChI=1S/C14H18N2O3/c1-9(17)16-11-4-2-10-3-5-12(19-8-15)7-13(10)14(18)6-11/h3,5,7,11H,2,4,6,8,15H2,1H3,(H,16,17)/t11-/m0/s1. The van der Waals surface area contributed by atoms with E-state index in [9.17, 15) is 9.59 Å². The third-order valence-electron chi connectivity index (χ3n) is 3.23. The summed E-state index contributed by atoms with van der Waals surface area (Å²) in [5, 5.41) is 2.82. The van der Waals surface area contributed by atoms with Gasteiger partial charge in [-0.05, 0) is 30.5 Å². The third-order valence-corrected chi connectivity index (χ3v) is 3.23. The number of Topliss-reactive ketones (excluding diaryl/α,β-unsaturated/α-hetero) is 1. The topological polar surface area (TPSA) is 81.4 Å². The number of ketones is 1. The van der Waals surface area contributed by atoms with E-state index in [4.69, 9.17) is 10.5 Å². The molecule has 0 heterocycles. The molecule has 0 fully saturated rings. The first-order valence-electron chi connectivity index (χ1n) is 6.36. The normalized spacial score (nSPS) is 18.4. The Bertz CT molecular complexity index is 499. The van der Waals surface area contributed by atoms with Gasteiger partial charge >= 0.3 is 0 Å². The first kappa shape index (κ1) is 13.5. The van der Waals surface area contributed by atoms with Gasteiger partial charge in [-0.25, -0.2) is 0 Å². The van der Waals surface area contributed by atoms with Crippen LogP contribution in [0, 0.1) is 0 Å². The Hall–Kier alpha value is -1.88. The molecule has 3 N–H and O–H groups in total. The summed E-state index contributed by atoms with van der Waals surface area (Å²) in [6.07, 6.45) is 1.88. The van der Waals surface area contributed by atoms with Crippen molar-refractivity contribution in [3.63, 3.8) is 0 Å². The van der Waals surface area contributed by atoms with Crippen LogP contribution in [0.3, 0.4) is 0 Å². The summed E-state index contributed by atoms with van der Waals surface area (Å²) in [5.74, 6) is 0.539. The number of rotatable bonds is 3. The molecule has 0 saturated heterocycles. The van der Waals surface area contributed by atoms with Crippen LogP contribution in [-0.2, 0) is 11.2 Å². The second-order valence-electron chi connectivity index (χ2n) is 4.69. The van der Waals surface area contributed by atoms with E-state index in [0.717, 1.165) is 18.4 Å². The zero-order valence-electron chi connectivity index (χ0n) is 10.9. The molecule has 0 unspecified atom stereocenters. The molecular weight excluding hydrogens is 244 g/mol. The molecule has 0 radical (unpaired) electrons. The van der Waals surface area contributed by atoms with Gasteiger partial charge in [-0.15, -0.1) is 0 Å². The van der Waals surface area contributed by atoms with E-state index >= 15 is 0 Å². The lowest BCUT2D eigenvalue weighted by molar-refractivity contribution is -0.119. The number of benzene rings is 1. The number of nitrogens with one attached hydrogen (secondary N) is 1. The van der Waals surface area contributed by atoms with Crippen LogP contribution in [0.15, 0.2) is 18.2 Å². The monoisotopic (exact) mass is 262 g/mol. The Kier molecular flexibility index (Phi) is 4.16. The molecule has 0 aromatic heterocycles. The van der Waals surface area contributed by atoms with Crippen LogP contribution in [0.5, 0.6) is 5.75 Å².